The van der Waals surface area contributed by atoms with E-state index in [1.165, 1.54) is 27.4 Å². The molecule has 0 aromatic heterocycles. The van der Waals surface area contributed by atoms with Gasteiger partial charge in [0.1, 0.15) is 5.56 Å². The first-order valence-corrected chi connectivity index (χ1v) is 9.05. The van der Waals surface area contributed by atoms with Crippen molar-refractivity contribution in [3.8, 4) is 17.2 Å². The van der Waals surface area contributed by atoms with Crippen LogP contribution in [0.2, 0.25) is 5.02 Å². The molecule has 0 aliphatic rings. The third-order valence-electron chi connectivity index (χ3n) is 4.55. The van der Waals surface area contributed by atoms with Crippen molar-refractivity contribution in [3.05, 3.63) is 56.6 Å². The van der Waals surface area contributed by atoms with Crippen LogP contribution < -0.4 is 19.5 Å². The number of nitro groups is 1. The van der Waals surface area contributed by atoms with E-state index in [2.05, 4.69) is 5.32 Å². The van der Waals surface area contributed by atoms with Crippen LogP contribution in [0.1, 0.15) is 29.8 Å². The summed E-state index contributed by atoms with van der Waals surface area (Å²) in [4.78, 5) is 23.8. The van der Waals surface area contributed by atoms with E-state index in [1.54, 1.807) is 12.1 Å². The van der Waals surface area contributed by atoms with E-state index < -0.39 is 21.9 Å². The Bertz CT molecular complexity index is 912. The third kappa shape index (κ3) is 4.71. The van der Waals surface area contributed by atoms with E-state index >= 15 is 0 Å². The van der Waals surface area contributed by atoms with Gasteiger partial charge in [-0.05, 0) is 17.7 Å². The lowest BCUT2D eigenvalue weighted by atomic mass is 9.84. The second-order valence-corrected chi connectivity index (χ2v) is 7.31. The SMILES string of the molecule is COc1cc(C(=O)NCC(C)(C)c2ccc(Cl)cc2)c([N+](=O)[O-])c(OC)c1OC. The fourth-order valence-electron chi connectivity index (χ4n) is 2.89. The molecule has 0 radical (unpaired) electrons. The van der Waals surface area contributed by atoms with Gasteiger partial charge in [-0.3, -0.25) is 14.9 Å². The summed E-state index contributed by atoms with van der Waals surface area (Å²) >= 11 is 5.93. The third-order valence-corrected chi connectivity index (χ3v) is 4.80. The van der Waals surface area contributed by atoms with E-state index in [1.807, 2.05) is 26.0 Å². The van der Waals surface area contributed by atoms with Crippen molar-refractivity contribution in [3.63, 3.8) is 0 Å². The standard InChI is InChI=1S/C20H23ClN2O6/c1-20(2,12-6-8-13(21)9-7-12)11-22-19(24)14-10-15(27-3)17(28-4)18(29-5)16(14)23(25)26/h6-10H,11H2,1-5H3,(H,22,24). The van der Waals surface area contributed by atoms with Crippen LogP contribution in [0.4, 0.5) is 5.69 Å². The first-order chi connectivity index (χ1) is 13.7. The van der Waals surface area contributed by atoms with Gasteiger partial charge in [0, 0.05) is 23.0 Å². The van der Waals surface area contributed by atoms with Crippen LogP contribution in [0.15, 0.2) is 30.3 Å². The first kappa shape index (κ1) is 22.3. The predicted octanol–water partition coefficient (Wildman–Crippen LogP) is 3.98. The summed E-state index contributed by atoms with van der Waals surface area (Å²) in [5.41, 5.74) is -0.152. The number of benzene rings is 2. The van der Waals surface area contributed by atoms with Crippen molar-refractivity contribution in [2.75, 3.05) is 27.9 Å². The van der Waals surface area contributed by atoms with Gasteiger partial charge in [0.15, 0.2) is 5.75 Å². The smallest absolute Gasteiger partial charge is 0.327 e. The second kappa shape index (κ2) is 9.00. The minimum absolute atomic E-state index is 0.0414. The zero-order valence-corrected chi connectivity index (χ0v) is 17.6. The fraction of sp³-hybridized carbons (Fsp3) is 0.350. The highest BCUT2D eigenvalue weighted by Crippen LogP contribution is 2.46. The lowest BCUT2D eigenvalue weighted by Gasteiger charge is -2.26. The van der Waals surface area contributed by atoms with Crippen LogP contribution in [0, 0.1) is 10.1 Å². The van der Waals surface area contributed by atoms with Crippen molar-refractivity contribution in [2.45, 2.75) is 19.3 Å². The number of ether oxygens (including phenoxy) is 3. The topological polar surface area (TPSA) is 99.9 Å². The van der Waals surface area contributed by atoms with Crippen LogP contribution in [-0.4, -0.2) is 38.7 Å². The minimum atomic E-state index is -0.681. The molecule has 156 valence electrons. The molecule has 0 spiro atoms. The number of methoxy groups -OCH3 is 3. The molecule has 0 saturated carbocycles. The number of halogens is 1. The molecule has 0 aliphatic heterocycles. The number of nitrogens with one attached hydrogen (secondary N) is 1. The van der Waals surface area contributed by atoms with Gasteiger partial charge in [-0.25, -0.2) is 0 Å². The highest BCUT2D eigenvalue weighted by atomic mass is 35.5. The number of nitrogens with zero attached hydrogens (tertiary/aromatic N) is 1. The summed E-state index contributed by atoms with van der Waals surface area (Å²) in [6.07, 6.45) is 0. The molecule has 29 heavy (non-hydrogen) atoms. The average Bonchev–Trinajstić information content (AvgIpc) is 2.70. The van der Waals surface area contributed by atoms with E-state index in [-0.39, 0.29) is 29.4 Å². The Morgan fingerprint density at radius 3 is 2.17 bits per heavy atom. The number of carbonyl (C=O) groups excluding carboxylic acids is 1. The molecular formula is C20H23ClN2O6. The molecule has 0 bridgehead atoms. The lowest BCUT2D eigenvalue weighted by Crippen LogP contribution is -2.37. The molecular weight excluding hydrogens is 400 g/mol. The average molecular weight is 423 g/mol. The zero-order valence-electron chi connectivity index (χ0n) is 16.9. The summed E-state index contributed by atoms with van der Waals surface area (Å²) in [6.45, 7) is 4.13. The molecule has 2 aromatic rings. The number of hydrogen-bond acceptors (Lipinski definition) is 6. The molecule has 8 nitrogen and oxygen atoms in total. The van der Waals surface area contributed by atoms with Crippen molar-refractivity contribution in [1.82, 2.24) is 5.32 Å². The maximum Gasteiger partial charge on any atom is 0.327 e. The minimum Gasteiger partial charge on any atom is -0.493 e. The van der Waals surface area contributed by atoms with Crippen molar-refractivity contribution in [1.29, 1.82) is 0 Å². The maximum atomic E-state index is 12.8. The molecule has 0 fully saturated rings. The Morgan fingerprint density at radius 2 is 1.69 bits per heavy atom. The predicted molar refractivity (Wildman–Crippen MR) is 110 cm³/mol. The first-order valence-electron chi connectivity index (χ1n) is 8.67. The van der Waals surface area contributed by atoms with Gasteiger partial charge in [-0.1, -0.05) is 37.6 Å². The summed E-state index contributed by atoms with van der Waals surface area (Å²) in [5, 5.41) is 15.0. The van der Waals surface area contributed by atoms with E-state index in [0.29, 0.717) is 5.02 Å². The van der Waals surface area contributed by atoms with Crippen LogP contribution >= 0.6 is 11.6 Å². The normalized spacial score (nSPS) is 11.0. The largest absolute Gasteiger partial charge is 0.493 e. The second-order valence-electron chi connectivity index (χ2n) is 6.87. The monoisotopic (exact) mass is 422 g/mol. The lowest BCUT2D eigenvalue weighted by molar-refractivity contribution is -0.386. The molecule has 0 heterocycles. The number of carbonyl (C=O) groups is 1. The Morgan fingerprint density at radius 1 is 1.10 bits per heavy atom. The van der Waals surface area contributed by atoms with Gasteiger partial charge in [0.05, 0.1) is 26.3 Å². The van der Waals surface area contributed by atoms with Gasteiger partial charge < -0.3 is 19.5 Å². The Kier molecular flexibility index (Phi) is 6.92. The number of amides is 1. The van der Waals surface area contributed by atoms with E-state index in [4.69, 9.17) is 25.8 Å². The van der Waals surface area contributed by atoms with Crippen LogP contribution in [-0.2, 0) is 5.41 Å². The quantitative estimate of drug-likeness (QED) is 0.510. The summed E-state index contributed by atoms with van der Waals surface area (Å²) < 4.78 is 15.5. The summed E-state index contributed by atoms with van der Waals surface area (Å²) in [5.74, 6) is -0.617. The number of hydrogen-bond donors (Lipinski definition) is 1. The number of rotatable bonds is 8. The van der Waals surface area contributed by atoms with Crippen LogP contribution in [0.5, 0.6) is 17.2 Å². The molecule has 2 aromatic carbocycles. The van der Waals surface area contributed by atoms with Gasteiger partial charge in [-0.2, -0.15) is 0 Å². The van der Waals surface area contributed by atoms with Crippen LogP contribution in [0.3, 0.4) is 0 Å². The Labute approximate surface area is 173 Å². The molecule has 9 heteroatoms. The maximum absolute atomic E-state index is 12.8. The molecule has 0 saturated heterocycles. The van der Waals surface area contributed by atoms with Gasteiger partial charge in [-0.15, -0.1) is 0 Å². The van der Waals surface area contributed by atoms with Gasteiger partial charge >= 0.3 is 5.69 Å². The summed E-state index contributed by atoms with van der Waals surface area (Å²) in [7, 11) is 3.96. The van der Waals surface area contributed by atoms with Crippen molar-refractivity contribution < 1.29 is 23.9 Å². The summed E-state index contributed by atoms with van der Waals surface area (Å²) in [6, 6.07) is 8.55. The molecule has 0 unspecified atom stereocenters. The van der Waals surface area contributed by atoms with Crippen molar-refractivity contribution >= 4 is 23.2 Å². The number of nitro benzene ring substituents is 1. The fourth-order valence-corrected chi connectivity index (χ4v) is 3.02. The zero-order chi connectivity index (χ0) is 21.8. The van der Waals surface area contributed by atoms with E-state index in [9.17, 15) is 14.9 Å². The Hall–Kier alpha value is -3.00. The molecule has 1 amide bonds. The van der Waals surface area contributed by atoms with Gasteiger partial charge in [0.25, 0.3) is 5.91 Å². The van der Waals surface area contributed by atoms with Crippen LogP contribution in [0.25, 0.3) is 0 Å². The molecule has 0 aliphatic carbocycles. The van der Waals surface area contributed by atoms with E-state index in [0.717, 1.165) is 5.56 Å². The highest BCUT2D eigenvalue weighted by Gasteiger charge is 2.33. The van der Waals surface area contributed by atoms with Crippen molar-refractivity contribution in [2.24, 2.45) is 0 Å². The van der Waals surface area contributed by atoms with Gasteiger partial charge in [0.2, 0.25) is 11.5 Å². The highest BCUT2D eigenvalue weighted by molar-refractivity contribution is 6.30. The molecule has 2 rings (SSSR count). The molecule has 1 N–H and O–H groups in total. The molecule has 0 atom stereocenters. The Balaban J connectivity index is 2.39.